The van der Waals surface area contributed by atoms with Crippen LogP contribution in [0.4, 0.5) is 10.1 Å². The minimum atomic E-state index is -0.404. The standard InChI is InChI=1S/C16H18FNO/c1-10-6-11(2)16(12(3)7-10)19-9-13-4-5-15(18)14(17)8-13/h4-8H,9,18H2,1-3H3. The lowest BCUT2D eigenvalue weighted by molar-refractivity contribution is 0.301. The highest BCUT2D eigenvalue weighted by Crippen LogP contribution is 2.25. The van der Waals surface area contributed by atoms with Crippen molar-refractivity contribution in [1.82, 2.24) is 0 Å². The fourth-order valence-corrected chi connectivity index (χ4v) is 2.21. The summed E-state index contributed by atoms with van der Waals surface area (Å²) in [5, 5.41) is 0. The normalized spacial score (nSPS) is 10.5. The molecule has 2 N–H and O–H groups in total. The molecular weight excluding hydrogens is 241 g/mol. The lowest BCUT2D eigenvalue weighted by atomic mass is 10.1. The molecule has 0 aromatic heterocycles. The van der Waals surface area contributed by atoms with E-state index in [1.54, 1.807) is 12.1 Å². The average molecular weight is 259 g/mol. The second-order valence-corrected chi connectivity index (χ2v) is 4.87. The van der Waals surface area contributed by atoms with Crippen LogP contribution in [0.1, 0.15) is 22.3 Å². The summed E-state index contributed by atoms with van der Waals surface area (Å²) in [4.78, 5) is 0. The molecule has 0 atom stereocenters. The second-order valence-electron chi connectivity index (χ2n) is 4.87. The molecule has 2 rings (SSSR count). The van der Waals surface area contributed by atoms with Gasteiger partial charge in [0.15, 0.2) is 0 Å². The molecule has 0 bridgehead atoms. The summed E-state index contributed by atoms with van der Waals surface area (Å²) in [5.41, 5.74) is 9.76. The summed E-state index contributed by atoms with van der Waals surface area (Å²) < 4.78 is 19.1. The van der Waals surface area contributed by atoms with Gasteiger partial charge < -0.3 is 10.5 Å². The van der Waals surface area contributed by atoms with Crippen LogP contribution in [0.2, 0.25) is 0 Å². The van der Waals surface area contributed by atoms with E-state index in [0.29, 0.717) is 6.61 Å². The summed E-state index contributed by atoms with van der Waals surface area (Å²) >= 11 is 0. The van der Waals surface area contributed by atoms with E-state index in [-0.39, 0.29) is 5.69 Å². The smallest absolute Gasteiger partial charge is 0.146 e. The summed E-state index contributed by atoms with van der Waals surface area (Å²) in [7, 11) is 0. The maximum Gasteiger partial charge on any atom is 0.146 e. The average Bonchev–Trinajstić information content (AvgIpc) is 2.32. The van der Waals surface area contributed by atoms with Crippen molar-refractivity contribution in [2.45, 2.75) is 27.4 Å². The van der Waals surface area contributed by atoms with Gasteiger partial charge >= 0.3 is 0 Å². The molecule has 2 aromatic carbocycles. The Morgan fingerprint density at radius 2 is 1.68 bits per heavy atom. The van der Waals surface area contributed by atoms with Gasteiger partial charge in [0.1, 0.15) is 18.2 Å². The quantitative estimate of drug-likeness (QED) is 0.848. The van der Waals surface area contributed by atoms with E-state index in [2.05, 4.69) is 19.1 Å². The number of halogens is 1. The van der Waals surface area contributed by atoms with Gasteiger partial charge in [-0.25, -0.2) is 4.39 Å². The minimum Gasteiger partial charge on any atom is -0.488 e. The highest BCUT2D eigenvalue weighted by atomic mass is 19.1. The minimum absolute atomic E-state index is 0.159. The van der Waals surface area contributed by atoms with E-state index >= 15 is 0 Å². The molecule has 0 saturated carbocycles. The highest BCUT2D eigenvalue weighted by Gasteiger charge is 2.06. The van der Waals surface area contributed by atoms with Gasteiger partial charge in [-0.3, -0.25) is 0 Å². The van der Waals surface area contributed by atoms with Gasteiger partial charge in [-0.2, -0.15) is 0 Å². The molecule has 0 aliphatic heterocycles. The molecule has 0 aliphatic rings. The van der Waals surface area contributed by atoms with E-state index in [1.165, 1.54) is 11.6 Å². The van der Waals surface area contributed by atoms with E-state index < -0.39 is 5.82 Å². The zero-order valence-corrected chi connectivity index (χ0v) is 11.5. The Morgan fingerprint density at radius 3 is 2.26 bits per heavy atom. The van der Waals surface area contributed by atoms with E-state index in [0.717, 1.165) is 22.4 Å². The predicted molar refractivity (Wildman–Crippen MR) is 75.8 cm³/mol. The molecule has 2 nitrogen and oxygen atoms in total. The summed E-state index contributed by atoms with van der Waals surface area (Å²) in [6.45, 7) is 6.42. The Bertz CT molecular complexity index is 585. The first-order valence-electron chi connectivity index (χ1n) is 6.22. The lowest BCUT2D eigenvalue weighted by Crippen LogP contribution is -2.01. The van der Waals surface area contributed by atoms with Gasteiger partial charge in [-0.05, 0) is 49.6 Å². The highest BCUT2D eigenvalue weighted by molar-refractivity contribution is 5.44. The van der Waals surface area contributed by atoms with E-state index in [1.807, 2.05) is 13.8 Å². The summed E-state index contributed by atoms with van der Waals surface area (Å²) in [6.07, 6.45) is 0. The molecule has 0 unspecified atom stereocenters. The van der Waals surface area contributed by atoms with Gasteiger partial charge in [0.05, 0.1) is 5.69 Å². The monoisotopic (exact) mass is 259 g/mol. The number of nitrogen functional groups attached to an aromatic ring is 1. The third kappa shape index (κ3) is 3.05. The second kappa shape index (κ2) is 5.31. The Kier molecular flexibility index (Phi) is 3.74. The first-order valence-corrected chi connectivity index (χ1v) is 6.22. The van der Waals surface area contributed by atoms with Crippen LogP contribution in [-0.4, -0.2) is 0 Å². The number of benzene rings is 2. The number of hydrogen-bond acceptors (Lipinski definition) is 2. The molecule has 0 heterocycles. The van der Waals surface area contributed by atoms with Crippen LogP contribution in [0.5, 0.6) is 5.75 Å². The number of anilines is 1. The lowest BCUT2D eigenvalue weighted by Gasteiger charge is -2.13. The number of rotatable bonds is 3. The Labute approximate surface area is 113 Å². The van der Waals surface area contributed by atoms with Crippen LogP contribution in [-0.2, 0) is 6.61 Å². The van der Waals surface area contributed by atoms with Gasteiger partial charge in [0, 0.05) is 0 Å². The molecule has 0 amide bonds. The molecule has 2 aromatic rings. The first kappa shape index (κ1) is 13.4. The van der Waals surface area contributed by atoms with Crippen molar-refractivity contribution in [3.8, 4) is 5.75 Å². The Balaban J connectivity index is 2.16. The zero-order valence-electron chi connectivity index (χ0n) is 11.5. The van der Waals surface area contributed by atoms with E-state index in [4.69, 9.17) is 10.5 Å². The molecular formula is C16H18FNO. The fraction of sp³-hybridized carbons (Fsp3) is 0.250. The molecule has 0 aliphatic carbocycles. The fourth-order valence-electron chi connectivity index (χ4n) is 2.21. The van der Waals surface area contributed by atoms with Gasteiger partial charge in [0.25, 0.3) is 0 Å². The van der Waals surface area contributed by atoms with Gasteiger partial charge in [-0.15, -0.1) is 0 Å². The van der Waals surface area contributed by atoms with E-state index in [9.17, 15) is 4.39 Å². The molecule has 100 valence electrons. The van der Waals surface area contributed by atoms with Crippen LogP contribution in [0.15, 0.2) is 30.3 Å². The topological polar surface area (TPSA) is 35.2 Å². The summed E-state index contributed by atoms with van der Waals surface area (Å²) in [5.74, 6) is 0.460. The number of ether oxygens (including phenoxy) is 1. The zero-order chi connectivity index (χ0) is 14.0. The van der Waals surface area contributed by atoms with Crippen molar-refractivity contribution in [2.75, 3.05) is 5.73 Å². The number of nitrogens with two attached hydrogens (primary N) is 1. The number of hydrogen-bond donors (Lipinski definition) is 1. The van der Waals surface area contributed by atoms with Crippen LogP contribution in [0, 0.1) is 26.6 Å². The predicted octanol–water partition coefficient (Wildman–Crippen LogP) is 3.91. The molecule has 0 spiro atoms. The van der Waals surface area contributed by atoms with Crippen molar-refractivity contribution in [1.29, 1.82) is 0 Å². The van der Waals surface area contributed by atoms with Crippen LogP contribution < -0.4 is 10.5 Å². The Hall–Kier alpha value is -2.03. The molecule has 0 fully saturated rings. The molecule has 19 heavy (non-hydrogen) atoms. The maximum absolute atomic E-state index is 13.3. The molecule has 0 saturated heterocycles. The van der Waals surface area contributed by atoms with Crippen molar-refractivity contribution in [2.24, 2.45) is 0 Å². The maximum atomic E-state index is 13.3. The van der Waals surface area contributed by atoms with Crippen molar-refractivity contribution in [3.63, 3.8) is 0 Å². The van der Waals surface area contributed by atoms with Crippen molar-refractivity contribution in [3.05, 3.63) is 58.4 Å². The molecule has 3 heteroatoms. The third-order valence-electron chi connectivity index (χ3n) is 3.05. The first-order chi connectivity index (χ1) is 8.97. The van der Waals surface area contributed by atoms with Crippen LogP contribution in [0.3, 0.4) is 0 Å². The third-order valence-corrected chi connectivity index (χ3v) is 3.05. The van der Waals surface area contributed by atoms with Crippen LogP contribution >= 0.6 is 0 Å². The SMILES string of the molecule is Cc1cc(C)c(OCc2ccc(N)c(F)c2)c(C)c1. The van der Waals surface area contributed by atoms with Gasteiger partial charge in [0.2, 0.25) is 0 Å². The van der Waals surface area contributed by atoms with Gasteiger partial charge in [-0.1, -0.05) is 23.8 Å². The molecule has 0 radical (unpaired) electrons. The van der Waals surface area contributed by atoms with Crippen molar-refractivity contribution >= 4 is 5.69 Å². The Morgan fingerprint density at radius 1 is 1.05 bits per heavy atom. The summed E-state index contributed by atoms with van der Waals surface area (Å²) in [6, 6.07) is 8.89. The largest absolute Gasteiger partial charge is 0.488 e. The van der Waals surface area contributed by atoms with Crippen LogP contribution in [0.25, 0.3) is 0 Å². The number of aryl methyl sites for hydroxylation is 3. The van der Waals surface area contributed by atoms with Crippen molar-refractivity contribution < 1.29 is 9.13 Å².